The Morgan fingerprint density at radius 3 is 2.70 bits per heavy atom. The van der Waals surface area contributed by atoms with Crippen LogP contribution in [-0.2, 0) is 11.3 Å². The summed E-state index contributed by atoms with van der Waals surface area (Å²) in [5, 5.41) is 18.2. The van der Waals surface area contributed by atoms with Gasteiger partial charge in [-0.1, -0.05) is 18.2 Å². The number of nitrogens with zero attached hydrogens (tertiary/aromatic N) is 1. The van der Waals surface area contributed by atoms with E-state index >= 15 is 0 Å². The topological polar surface area (TPSA) is 70.0 Å². The van der Waals surface area contributed by atoms with Gasteiger partial charge in [0.05, 0.1) is 25.4 Å². The molecule has 0 spiro atoms. The Kier molecular flexibility index (Phi) is 4.27. The summed E-state index contributed by atoms with van der Waals surface area (Å²) >= 11 is 0. The number of halogens is 1. The second-order valence-corrected chi connectivity index (χ2v) is 5.32. The molecule has 1 aliphatic heterocycles. The van der Waals surface area contributed by atoms with E-state index in [1.807, 2.05) is 0 Å². The lowest BCUT2D eigenvalue weighted by Gasteiger charge is -2.14. The van der Waals surface area contributed by atoms with Crippen LogP contribution in [0, 0.1) is 5.82 Å². The van der Waals surface area contributed by atoms with Gasteiger partial charge >= 0.3 is 6.09 Å². The van der Waals surface area contributed by atoms with E-state index in [-0.39, 0.29) is 19.8 Å². The third kappa shape index (κ3) is 3.04. The molecule has 5 nitrogen and oxygen atoms in total. The van der Waals surface area contributed by atoms with E-state index in [4.69, 9.17) is 9.84 Å². The van der Waals surface area contributed by atoms with Crippen molar-refractivity contribution in [2.45, 2.75) is 12.7 Å². The molecule has 1 fully saturated rings. The zero-order valence-corrected chi connectivity index (χ0v) is 12.3. The Morgan fingerprint density at radius 2 is 2.04 bits per heavy atom. The minimum Gasteiger partial charge on any atom is -0.441 e. The van der Waals surface area contributed by atoms with Crippen LogP contribution in [0.4, 0.5) is 14.9 Å². The first-order chi connectivity index (χ1) is 11.1. The normalized spacial score (nSPS) is 17.4. The number of hydrogen-bond acceptors (Lipinski definition) is 4. The minimum absolute atomic E-state index is 0.115. The molecule has 0 radical (unpaired) electrons. The van der Waals surface area contributed by atoms with E-state index in [1.165, 1.54) is 11.0 Å². The highest BCUT2D eigenvalue weighted by molar-refractivity contribution is 5.90. The molecule has 23 heavy (non-hydrogen) atoms. The fourth-order valence-electron chi connectivity index (χ4n) is 2.57. The smallest absolute Gasteiger partial charge is 0.414 e. The van der Waals surface area contributed by atoms with Gasteiger partial charge < -0.3 is 14.9 Å². The summed E-state index contributed by atoms with van der Waals surface area (Å²) in [7, 11) is 0. The summed E-state index contributed by atoms with van der Waals surface area (Å²) in [6.07, 6.45) is -1.19. The largest absolute Gasteiger partial charge is 0.441 e. The Bertz CT molecular complexity index is 734. The van der Waals surface area contributed by atoms with Gasteiger partial charge in [0, 0.05) is 5.56 Å². The zero-order valence-electron chi connectivity index (χ0n) is 12.3. The highest BCUT2D eigenvalue weighted by Crippen LogP contribution is 2.29. The van der Waals surface area contributed by atoms with Crippen LogP contribution >= 0.6 is 0 Å². The molecule has 0 saturated carbocycles. The highest BCUT2D eigenvalue weighted by atomic mass is 19.1. The molecule has 0 bridgehead atoms. The summed E-state index contributed by atoms with van der Waals surface area (Å²) in [5.74, 6) is -0.474. The lowest BCUT2D eigenvalue weighted by molar-refractivity contribution is 0.0963. The van der Waals surface area contributed by atoms with E-state index in [0.29, 0.717) is 22.4 Å². The molecule has 3 rings (SSSR count). The number of anilines is 1. The first-order valence-corrected chi connectivity index (χ1v) is 7.21. The van der Waals surface area contributed by atoms with E-state index in [9.17, 15) is 14.3 Å². The monoisotopic (exact) mass is 317 g/mol. The van der Waals surface area contributed by atoms with Crippen LogP contribution in [0.15, 0.2) is 42.5 Å². The average molecular weight is 317 g/mol. The third-order valence-corrected chi connectivity index (χ3v) is 3.76. The number of aliphatic hydroxyl groups excluding tert-OH is 2. The van der Waals surface area contributed by atoms with E-state index in [1.54, 1.807) is 36.4 Å². The number of aliphatic hydroxyl groups is 2. The summed E-state index contributed by atoms with van der Waals surface area (Å²) in [5.41, 5.74) is 2.11. The van der Waals surface area contributed by atoms with Gasteiger partial charge in [-0.05, 0) is 35.4 Å². The van der Waals surface area contributed by atoms with Gasteiger partial charge in [0.2, 0.25) is 0 Å². The number of amides is 1. The molecule has 2 aromatic carbocycles. The molecule has 6 heteroatoms. The summed E-state index contributed by atoms with van der Waals surface area (Å²) in [6.45, 7) is -0.194. The Balaban J connectivity index is 1.90. The SMILES string of the molecule is O=C1O[C@@H](CO)CN1c1ccc(-c2cccc(CO)c2)c(F)c1. The number of carbonyl (C=O) groups excluding carboxylic acids is 1. The molecule has 1 atom stereocenters. The number of benzene rings is 2. The van der Waals surface area contributed by atoms with Gasteiger partial charge in [-0.25, -0.2) is 9.18 Å². The fraction of sp³-hybridized carbons (Fsp3) is 0.235. The maximum atomic E-state index is 14.4. The number of ether oxygens (including phenoxy) is 1. The van der Waals surface area contributed by atoms with Crippen LogP contribution in [0.5, 0.6) is 0 Å². The van der Waals surface area contributed by atoms with Crippen molar-refractivity contribution in [1.82, 2.24) is 0 Å². The van der Waals surface area contributed by atoms with E-state index in [2.05, 4.69) is 0 Å². The van der Waals surface area contributed by atoms with Gasteiger partial charge in [-0.15, -0.1) is 0 Å². The Hall–Kier alpha value is -2.44. The highest BCUT2D eigenvalue weighted by Gasteiger charge is 2.32. The van der Waals surface area contributed by atoms with Gasteiger partial charge in [-0.3, -0.25) is 4.90 Å². The number of cyclic esters (lactones) is 1. The lowest BCUT2D eigenvalue weighted by atomic mass is 10.0. The van der Waals surface area contributed by atoms with Crippen molar-refractivity contribution in [3.05, 3.63) is 53.8 Å². The molecule has 0 unspecified atom stereocenters. The number of rotatable bonds is 4. The molecular formula is C17H16FNO4. The minimum atomic E-state index is -0.599. The summed E-state index contributed by atoms with van der Waals surface area (Å²) in [6, 6.07) is 11.4. The Morgan fingerprint density at radius 1 is 1.22 bits per heavy atom. The molecule has 1 heterocycles. The third-order valence-electron chi connectivity index (χ3n) is 3.76. The van der Waals surface area contributed by atoms with Crippen molar-refractivity contribution in [2.75, 3.05) is 18.1 Å². The maximum absolute atomic E-state index is 14.4. The van der Waals surface area contributed by atoms with Gasteiger partial charge in [0.1, 0.15) is 11.9 Å². The number of carbonyl (C=O) groups is 1. The lowest BCUT2D eigenvalue weighted by Crippen LogP contribution is -2.25. The van der Waals surface area contributed by atoms with Crippen molar-refractivity contribution in [3.63, 3.8) is 0 Å². The fourth-order valence-corrected chi connectivity index (χ4v) is 2.57. The molecule has 1 amide bonds. The first kappa shape index (κ1) is 15.5. The Labute approximate surface area is 132 Å². The van der Waals surface area contributed by atoms with Gasteiger partial charge in [-0.2, -0.15) is 0 Å². The van der Waals surface area contributed by atoms with Crippen LogP contribution in [0.2, 0.25) is 0 Å². The molecule has 0 aliphatic carbocycles. The van der Waals surface area contributed by atoms with E-state index < -0.39 is 18.0 Å². The van der Waals surface area contributed by atoms with Crippen molar-refractivity contribution >= 4 is 11.8 Å². The van der Waals surface area contributed by atoms with Crippen molar-refractivity contribution in [1.29, 1.82) is 0 Å². The number of hydrogen-bond donors (Lipinski definition) is 2. The standard InChI is InChI=1S/C17H16FNO4/c18-16-7-13(19-8-14(10-21)23-17(19)22)4-5-15(16)12-3-1-2-11(6-12)9-20/h1-7,14,20-21H,8-10H2/t14-/m1/s1. The summed E-state index contributed by atoms with van der Waals surface area (Å²) < 4.78 is 19.4. The van der Waals surface area contributed by atoms with Gasteiger partial charge in [0.25, 0.3) is 0 Å². The zero-order chi connectivity index (χ0) is 16.4. The molecule has 0 aromatic heterocycles. The molecule has 2 N–H and O–H groups in total. The van der Waals surface area contributed by atoms with Crippen LogP contribution in [0.3, 0.4) is 0 Å². The molecular weight excluding hydrogens is 301 g/mol. The predicted molar refractivity (Wildman–Crippen MR) is 82.5 cm³/mol. The molecule has 2 aromatic rings. The van der Waals surface area contributed by atoms with Crippen LogP contribution in [0.1, 0.15) is 5.56 Å². The second kappa shape index (κ2) is 6.36. The first-order valence-electron chi connectivity index (χ1n) is 7.21. The van der Waals surface area contributed by atoms with Crippen LogP contribution in [-0.4, -0.2) is 35.6 Å². The quantitative estimate of drug-likeness (QED) is 0.908. The van der Waals surface area contributed by atoms with Gasteiger partial charge in [0.15, 0.2) is 0 Å². The molecule has 1 aliphatic rings. The molecule has 120 valence electrons. The van der Waals surface area contributed by atoms with Crippen LogP contribution < -0.4 is 4.90 Å². The molecule has 1 saturated heterocycles. The van der Waals surface area contributed by atoms with Crippen molar-refractivity contribution in [2.24, 2.45) is 0 Å². The van der Waals surface area contributed by atoms with Crippen LogP contribution in [0.25, 0.3) is 11.1 Å². The predicted octanol–water partition coefficient (Wildman–Crippen LogP) is 2.30. The van der Waals surface area contributed by atoms with Crippen molar-refractivity contribution in [3.8, 4) is 11.1 Å². The second-order valence-electron chi connectivity index (χ2n) is 5.32. The summed E-state index contributed by atoms with van der Waals surface area (Å²) in [4.78, 5) is 13.0. The maximum Gasteiger partial charge on any atom is 0.414 e. The average Bonchev–Trinajstić information content (AvgIpc) is 2.96. The van der Waals surface area contributed by atoms with E-state index in [0.717, 1.165) is 0 Å². The van der Waals surface area contributed by atoms with Crippen molar-refractivity contribution < 1.29 is 24.1 Å².